The maximum absolute atomic E-state index is 13.5. The molecule has 0 aliphatic carbocycles. The highest BCUT2D eigenvalue weighted by Gasteiger charge is 2.37. The van der Waals surface area contributed by atoms with E-state index >= 15 is 0 Å². The highest BCUT2D eigenvalue weighted by atomic mass is 16.5. The fourth-order valence-electron chi connectivity index (χ4n) is 4.54. The molecule has 2 heterocycles. The molecule has 1 aliphatic heterocycles. The average molecular weight is 497 g/mol. The molecule has 3 aromatic carbocycles. The number of rotatable bonds is 6. The van der Waals surface area contributed by atoms with Gasteiger partial charge in [0.05, 0.1) is 31.5 Å². The van der Waals surface area contributed by atoms with Crippen LogP contribution in [0.25, 0.3) is 17.0 Å². The number of aryl methyl sites for hydroxylation is 2. The second-order valence-corrected chi connectivity index (χ2v) is 8.96. The molecule has 5 rings (SSSR count). The minimum atomic E-state index is -0.556. The molecule has 188 valence electrons. The van der Waals surface area contributed by atoms with Crippen molar-refractivity contribution in [3.05, 3.63) is 95.0 Å². The third-order valence-corrected chi connectivity index (χ3v) is 6.45. The van der Waals surface area contributed by atoms with Gasteiger partial charge in [-0.1, -0.05) is 52.7 Å². The molecule has 4 aromatic rings. The number of aromatic nitrogens is 2. The lowest BCUT2D eigenvalue weighted by Crippen LogP contribution is -2.46. The molecule has 0 spiro atoms. The van der Waals surface area contributed by atoms with Crippen molar-refractivity contribution in [2.75, 3.05) is 19.1 Å². The number of carbonyl (C=O) groups excluding carboxylic acids is 1. The molecule has 1 N–H and O–H groups in total. The highest BCUT2D eigenvalue weighted by molar-refractivity contribution is 6.01. The van der Waals surface area contributed by atoms with E-state index in [2.05, 4.69) is 10.5 Å². The number of allylic oxidation sites excluding steroid dienone is 1. The van der Waals surface area contributed by atoms with E-state index in [-0.39, 0.29) is 6.03 Å². The van der Waals surface area contributed by atoms with Gasteiger partial charge in [-0.05, 0) is 56.7 Å². The molecule has 1 unspecified atom stereocenters. The Kier molecular flexibility index (Phi) is 6.40. The van der Waals surface area contributed by atoms with Gasteiger partial charge in [-0.2, -0.15) is 4.98 Å². The number of carbonyl (C=O) groups is 1. The van der Waals surface area contributed by atoms with Crippen molar-refractivity contribution in [1.82, 2.24) is 15.5 Å². The van der Waals surface area contributed by atoms with Gasteiger partial charge in [0.1, 0.15) is 0 Å². The first-order valence-electron chi connectivity index (χ1n) is 11.9. The maximum atomic E-state index is 13.5. The molecule has 2 amide bonds. The molecule has 0 saturated heterocycles. The number of ether oxygens (including phenoxy) is 2. The van der Waals surface area contributed by atoms with Gasteiger partial charge < -0.3 is 19.3 Å². The molecule has 0 fully saturated rings. The van der Waals surface area contributed by atoms with E-state index in [9.17, 15) is 4.79 Å². The summed E-state index contributed by atoms with van der Waals surface area (Å²) >= 11 is 0. The molecule has 1 atom stereocenters. The first-order chi connectivity index (χ1) is 17.9. The van der Waals surface area contributed by atoms with E-state index in [4.69, 9.17) is 19.0 Å². The summed E-state index contributed by atoms with van der Waals surface area (Å²) in [6.07, 6.45) is 0. The SMILES string of the molecule is COc1ccc(C2NC(=O)N(c3ccc(C)cc3)C(C)=C2c2nc(-c3cccc(C)c3)no2)cc1OC. The van der Waals surface area contributed by atoms with Crippen LogP contribution in [0, 0.1) is 13.8 Å². The Hall–Kier alpha value is -4.59. The number of anilines is 1. The summed E-state index contributed by atoms with van der Waals surface area (Å²) in [5, 5.41) is 7.39. The van der Waals surface area contributed by atoms with Crippen molar-refractivity contribution in [1.29, 1.82) is 0 Å². The third-order valence-electron chi connectivity index (χ3n) is 6.45. The second-order valence-electron chi connectivity index (χ2n) is 8.96. The highest BCUT2D eigenvalue weighted by Crippen LogP contribution is 2.41. The zero-order valence-corrected chi connectivity index (χ0v) is 21.4. The lowest BCUT2D eigenvalue weighted by molar-refractivity contribution is 0.244. The summed E-state index contributed by atoms with van der Waals surface area (Å²) in [5.41, 5.74) is 5.96. The van der Waals surface area contributed by atoms with Gasteiger partial charge in [-0.25, -0.2) is 4.79 Å². The van der Waals surface area contributed by atoms with Crippen molar-refractivity contribution < 1.29 is 18.8 Å². The Morgan fingerprint density at radius 1 is 0.892 bits per heavy atom. The quantitative estimate of drug-likeness (QED) is 0.348. The molecular formula is C29H28N4O4. The Labute approximate surface area is 215 Å². The molecule has 1 aliphatic rings. The summed E-state index contributed by atoms with van der Waals surface area (Å²) in [6.45, 7) is 5.91. The largest absolute Gasteiger partial charge is 0.493 e. The van der Waals surface area contributed by atoms with Crippen LogP contribution >= 0.6 is 0 Å². The smallest absolute Gasteiger partial charge is 0.326 e. The van der Waals surface area contributed by atoms with Crippen LogP contribution in [0.15, 0.2) is 77.0 Å². The fourth-order valence-corrected chi connectivity index (χ4v) is 4.54. The second kappa shape index (κ2) is 9.81. The maximum Gasteiger partial charge on any atom is 0.326 e. The lowest BCUT2D eigenvalue weighted by Gasteiger charge is -2.35. The normalized spacial score (nSPS) is 15.5. The van der Waals surface area contributed by atoms with Crippen LogP contribution in [0.1, 0.15) is 35.5 Å². The minimum absolute atomic E-state index is 0.261. The van der Waals surface area contributed by atoms with E-state index < -0.39 is 6.04 Å². The van der Waals surface area contributed by atoms with Crippen molar-refractivity contribution in [2.24, 2.45) is 0 Å². The van der Waals surface area contributed by atoms with Gasteiger partial charge in [0.25, 0.3) is 5.89 Å². The zero-order valence-electron chi connectivity index (χ0n) is 21.4. The summed E-state index contributed by atoms with van der Waals surface area (Å²) in [6, 6.07) is 20.4. The summed E-state index contributed by atoms with van der Waals surface area (Å²) in [4.78, 5) is 19.8. The molecule has 0 saturated carbocycles. The topological polar surface area (TPSA) is 89.7 Å². The minimum Gasteiger partial charge on any atom is -0.493 e. The summed E-state index contributed by atoms with van der Waals surface area (Å²) in [5.74, 6) is 1.95. The van der Waals surface area contributed by atoms with E-state index in [1.165, 1.54) is 0 Å². The van der Waals surface area contributed by atoms with E-state index in [0.29, 0.717) is 34.5 Å². The van der Waals surface area contributed by atoms with Gasteiger partial charge in [0.15, 0.2) is 11.5 Å². The van der Waals surface area contributed by atoms with Gasteiger partial charge in [0.2, 0.25) is 5.82 Å². The molecule has 8 heteroatoms. The zero-order chi connectivity index (χ0) is 26.1. The van der Waals surface area contributed by atoms with Gasteiger partial charge >= 0.3 is 6.03 Å². The molecule has 8 nitrogen and oxygen atoms in total. The molecular weight excluding hydrogens is 468 g/mol. The fraction of sp³-hybridized carbons (Fsp3) is 0.207. The number of nitrogens with zero attached hydrogens (tertiary/aromatic N) is 3. The predicted octanol–water partition coefficient (Wildman–Crippen LogP) is 6.07. The van der Waals surface area contributed by atoms with Crippen LogP contribution in [-0.2, 0) is 0 Å². The van der Waals surface area contributed by atoms with Gasteiger partial charge in [-0.3, -0.25) is 4.90 Å². The summed E-state index contributed by atoms with van der Waals surface area (Å²) in [7, 11) is 3.16. The first-order valence-corrected chi connectivity index (χ1v) is 11.9. The van der Waals surface area contributed by atoms with E-state index in [0.717, 1.165) is 27.9 Å². The number of hydrogen-bond donors (Lipinski definition) is 1. The van der Waals surface area contributed by atoms with Crippen LogP contribution in [0.2, 0.25) is 0 Å². The van der Waals surface area contributed by atoms with Crippen molar-refractivity contribution in [3.63, 3.8) is 0 Å². The number of benzene rings is 3. The molecule has 37 heavy (non-hydrogen) atoms. The Morgan fingerprint density at radius 2 is 1.65 bits per heavy atom. The number of urea groups is 1. The first kappa shape index (κ1) is 24.1. The summed E-state index contributed by atoms with van der Waals surface area (Å²) < 4.78 is 16.7. The Balaban J connectivity index is 1.66. The van der Waals surface area contributed by atoms with Crippen LogP contribution in [0.4, 0.5) is 10.5 Å². The number of methoxy groups -OCH3 is 2. The number of amides is 2. The Bertz CT molecular complexity index is 1490. The average Bonchev–Trinajstić information content (AvgIpc) is 3.39. The number of nitrogens with one attached hydrogen (secondary N) is 1. The van der Waals surface area contributed by atoms with E-state index in [1.807, 2.05) is 87.5 Å². The van der Waals surface area contributed by atoms with Crippen molar-refractivity contribution in [3.8, 4) is 22.9 Å². The van der Waals surface area contributed by atoms with E-state index in [1.54, 1.807) is 19.1 Å². The van der Waals surface area contributed by atoms with Gasteiger partial charge in [-0.15, -0.1) is 0 Å². The molecule has 0 bridgehead atoms. The van der Waals surface area contributed by atoms with Crippen LogP contribution < -0.4 is 19.7 Å². The molecule has 0 radical (unpaired) electrons. The van der Waals surface area contributed by atoms with Crippen LogP contribution in [0.5, 0.6) is 11.5 Å². The van der Waals surface area contributed by atoms with Crippen LogP contribution in [0.3, 0.4) is 0 Å². The Morgan fingerprint density at radius 3 is 2.35 bits per heavy atom. The standard InChI is InChI=1S/C29H28N4O4/c1-17-9-12-22(13-10-17)33-19(3)25(28-31-27(32-37-28)21-8-6-7-18(2)15-21)26(30-29(33)34)20-11-14-23(35-4)24(16-20)36-5/h6-16,26H,1-5H3,(H,30,34). The van der Waals surface area contributed by atoms with Crippen molar-refractivity contribution >= 4 is 17.3 Å². The van der Waals surface area contributed by atoms with Gasteiger partial charge in [0, 0.05) is 11.3 Å². The molecule has 1 aromatic heterocycles. The third kappa shape index (κ3) is 4.53. The lowest BCUT2D eigenvalue weighted by atomic mass is 9.94. The number of hydrogen-bond acceptors (Lipinski definition) is 6. The predicted molar refractivity (Wildman–Crippen MR) is 142 cm³/mol. The monoisotopic (exact) mass is 496 g/mol. The van der Waals surface area contributed by atoms with Crippen LogP contribution in [-0.4, -0.2) is 30.4 Å². The van der Waals surface area contributed by atoms with Crippen molar-refractivity contribution in [2.45, 2.75) is 26.8 Å².